The van der Waals surface area contributed by atoms with Crippen molar-refractivity contribution in [2.75, 3.05) is 0 Å². The Morgan fingerprint density at radius 2 is 2.12 bits per heavy atom. The van der Waals surface area contributed by atoms with Crippen LogP contribution in [-0.2, 0) is 13.0 Å². The van der Waals surface area contributed by atoms with Crippen molar-refractivity contribution in [1.29, 1.82) is 0 Å². The average molecular weight is 233 g/mol. The second kappa shape index (κ2) is 6.12. The van der Waals surface area contributed by atoms with Gasteiger partial charge in [0.05, 0.1) is 5.69 Å². The SMILES string of the molecule is CCc1cccnc1CNC1CCC(N)CC1. The van der Waals surface area contributed by atoms with Gasteiger partial charge >= 0.3 is 0 Å². The van der Waals surface area contributed by atoms with Crippen molar-refractivity contribution in [2.24, 2.45) is 5.73 Å². The van der Waals surface area contributed by atoms with E-state index in [1.165, 1.54) is 24.1 Å². The van der Waals surface area contributed by atoms with E-state index in [9.17, 15) is 0 Å². The number of pyridine rings is 1. The van der Waals surface area contributed by atoms with Crippen molar-refractivity contribution < 1.29 is 0 Å². The van der Waals surface area contributed by atoms with Crippen LogP contribution in [-0.4, -0.2) is 17.1 Å². The van der Waals surface area contributed by atoms with Crippen LogP contribution in [0.4, 0.5) is 0 Å². The van der Waals surface area contributed by atoms with Crippen LogP contribution < -0.4 is 11.1 Å². The fourth-order valence-corrected chi connectivity index (χ4v) is 2.52. The molecule has 0 aromatic carbocycles. The van der Waals surface area contributed by atoms with E-state index in [0.717, 1.165) is 25.8 Å². The lowest BCUT2D eigenvalue weighted by molar-refractivity contribution is 0.340. The van der Waals surface area contributed by atoms with Gasteiger partial charge in [-0.1, -0.05) is 13.0 Å². The van der Waals surface area contributed by atoms with Gasteiger partial charge in [-0.25, -0.2) is 0 Å². The summed E-state index contributed by atoms with van der Waals surface area (Å²) in [6, 6.07) is 5.23. The first-order valence-corrected chi connectivity index (χ1v) is 6.71. The van der Waals surface area contributed by atoms with Crippen molar-refractivity contribution >= 4 is 0 Å². The normalized spacial score (nSPS) is 24.8. The molecule has 17 heavy (non-hydrogen) atoms. The molecule has 1 aromatic heterocycles. The Kier molecular flexibility index (Phi) is 4.51. The summed E-state index contributed by atoms with van der Waals surface area (Å²) in [5.74, 6) is 0. The van der Waals surface area contributed by atoms with Crippen LogP contribution in [0.15, 0.2) is 18.3 Å². The zero-order valence-corrected chi connectivity index (χ0v) is 10.7. The molecular formula is C14H23N3. The lowest BCUT2D eigenvalue weighted by Gasteiger charge is -2.27. The molecule has 3 nitrogen and oxygen atoms in total. The quantitative estimate of drug-likeness (QED) is 0.836. The predicted molar refractivity (Wildman–Crippen MR) is 70.7 cm³/mol. The van der Waals surface area contributed by atoms with Gasteiger partial charge in [0.15, 0.2) is 0 Å². The second-order valence-corrected chi connectivity index (χ2v) is 4.96. The van der Waals surface area contributed by atoms with Gasteiger partial charge in [-0.05, 0) is 43.7 Å². The maximum Gasteiger partial charge on any atom is 0.0573 e. The van der Waals surface area contributed by atoms with Gasteiger partial charge in [-0.3, -0.25) is 4.98 Å². The third kappa shape index (κ3) is 3.51. The van der Waals surface area contributed by atoms with Gasteiger partial charge in [0.1, 0.15) is 0 Å². The van der Waals surface area contributed by atoms with Crippen LogP contribution in [0.2, 0.25) is 0 Å². The van der Waals surface area contributed by atoms with Gasteiger partial charge in [0, 0.05) is 24.8 Å². The summed E-state index contributed by atoms with van der Waals surface area (Å²) < 4.78 is 0. The van der Waals surface area contributed by atoms with Gasteiger partial charge in [0.25, 0.3) is 0 Å². The third-order valence-electron chi connectivity index (χ3n) is 3.70. The van der Waals surface area contributed by atoms with E-state index < -0.39 is 0 Å². The zero-order chi connectivity index (χ0) is 12.1. The molecule has 3 heteroatoms. The largest absolute Gasteiger partial charge is 0.328 e. The van der Waals surface area contributed by atoms with Crippen LogP contribution in [0.3, 0.4) is 0 Å². The molecule has 0 spiro atoms. The number of rotatable bonds is 4. The van der Waals surface area contributed by atoms with E-state index >= 15 is 0 Å². The molecule has 0 unspecified atom stereocenters. The smallest absolute Gasteiger partial charge is 0.0573 e. The van der Waals surface area contributed by atoms with Gasteiger partial charge in [-0.2, -0.15) is 0 Å². The summed E-state index contributed by atoms with van der Waals surface area (Å²) in [7, 11) is 0. The highest BCUT2D eigenvalue weighted by molar-refractivity contribution is 5.19. The van der Waals surface area contributed by atoms with E-state index in [4.69, 9.17) is 5.73 Å². The van der Waals surface area contributed by atoms with Crippen LogP contribution >= 0.6 is 0 Å². The van der Waals surface area contributed by atoms with Crippen molar-refractivity contribution in [3.63, 3.8) is 0 Å². The number of nitrogens with two attached hydrogens (primary N) is 1. The molecule has 94 valence electrons. The van der Waals surface area contributed by atoms with Crippen molar-refractivity contribution in [2.45, 2.75) is 57.7 Å². The molecular weight excluding hydrogens is 210 g/mol. The zero-order valence-electron chi connectivity index (χ0n) is 10.7. The molecule has 1 aliphatic carbocycles. The van der Waals surface area contributed by atoms with Gasteiger partial charge in [-0.15, -0.1) is 0 Å². The number of aryl methyl sites for hydroxylation is 1. The average Bonchev–Trinajstić information content (AvgIpc) is 2.38. The monoisotopic (exact) mass is 233 g/mol. The minimum atomic E-state index is 0.425. The molecule has 3 N–H and O–H groups in total. The van der Waals surface area contributed by atoms with E-state index in [0.29, 0.717) is 12.1 Å². The van der Waals surface area contributed by atoms with Crippen molar-refractivity contribution in [3.8, 4) is 0 Å². The van der Waals surface area contributed by atoms with Gasteiger partial charge in [0.2, 0.25) is 0 Å². The van der Waals surface area contributed by atoms with Crippen molar-refractivity contribution in [3.05, 3.63) is 29.6 Å². The summed E-state index contributed by atoms with van der Waals surface area (Å²) in [5, 5.41) is 3.62. The van der Waals surface area contributed by atoms with E-state index in [1.54, 1.807) is 0 Å². The second-order valence-electron chi connectivity index (χ2n) is 4.96. The molecule has 1 aromatic rings. The lowest BCUT2D eigenvalue weighted by atomic mass is 9.92. The predicted octanol–water partition coefficient (Wildman–Crippen LogP) is 2.00. The Balaban J connectivity index is 1.85. The first-order valence-electron chi connectivity index (χ1n) is 6.71. The van der Waals surface area contributed by atoms with Gasteiger partial charge < -0.3 is 11.1 Å². The highest BCUT2D eigenvalue weighted by Crippen LogP contribution is 2.17. The molecule has 1 aliphatic rings. The molecule has 0 bridgehead atoms. The molecule has 0 radical (unpaired) electrons. The Labute approximate surface area is 104 Å². The molecule has 2 rings (SSSR count). The maximum absolute atomic E-state index is 5.91. The highest BCUT2D eigenvalue weighted by atomic mass is 14.9. The molecule has 0 amide bonds. The highest BCUT2D eigenvalue weighted by Gasteiger charge is 2.18. The van der Waals surface area contributed by atoms with Crippen molar-refractivity contribution in [1.82, 2.24) is 10.3 Å². The summed E-state index contributed by atoms with van der Waals surface area (Å²) in [6.07, 6.45) is 7.65. The Morgan fingerprint density at radius 1 is 1.35 bits per heavy atom. The Morgan fingerprint density at radius 3 is 2.82 bits per heavy atom. The fraction of sp³-hybridized carbons (Fsp3) is 0.643. The van der Waals surface area contributed by atoms with Crippen LogP contribution in [0, 0.1) is 0 Å². The minimum absolute atomic E-state index is 0.425. The maximum atomic E-state index is 5.91. The first-order chi connectivity index (χ1) is 8.29. The summed E-state index contributed by atoms with van der Waals surface area (Å²) >= 11 is 0. The standard InChI is InChI=1S/C14H23N3/c1-2-11-4-3-9-16-14(11)10-17-13-7-5-12(15)6-8-13/h3-4,9,12-13,17H,2,5-8,10,15H2,1H3. The first kappa shape index (κ1) is 12.5. The van der Waals surface area contributed by atoms with E-state index in [-0.39, 0.29) is 0 Å². The van der Waals surface area contributed by atoms with Crippen LogP contribution in [0.25, 0.3) is 0 Å². The molecule has 1 saturated carbocycles. The molecule has 1 fully saturated rings. The lowest BCUT2D eigenvalue weighted by Crippen LogP contribution is -2.37. The minimum Gasteiger partial charge on any atom is -0.328 e. The fourth-order valence-electron chi connectivity index (χ4n) is 2.52. The number of hydrogen-bond donors (Lipinski definition) is 2. The Hall–Kier alpha value is -0.930. The number of hydrogen-bond acceptors (Lipinski definition) is 3. The van der Waals surface area contributed by atoms with Crippen LogP contribution in [0.1, 0.15) is 43.9 Å². The topological polar surface area (TPSA) is 50.9 Å². The number of nitrogens with one attached hydrogen (secondary N) is 1. The molecule has 1 heterocycles. The summed E-state index contributed by atoms with van der Waals surface area (Å²) in [6.45, 7) is 3.07. The van der Waals surface area contributed by atoms with E-state index in [2.05, 4.69) is 23.3 Å². The summed E-state index contributed by atoms with van der Waals surface area (Å²) in [4.78, 5) is 4.46. The summed E-state index contributed by atoms with van der Waals surface area (Å²) in [5.41, 5.74) is 8.46. The molecule has 0 saturated heterocycles. The molecule has 0 atom stereocenters. The third-order valence-corrected chi connectivity index (χ3v) is 3.70. The number of nitrogens with zero attached hydrogens (tertiary/aromatic N) is 1. The number of aromatic nitrogens is 1. The van der Waals surface area contributed by atoms with Crippen LogP contribution in [0.5, 0.6) is 0 Å². The van der Waals surface area contributed by atoms with E-state index in [1.807, 2.05) is 12.3 Å². The Bertz CT molecular complexity index is 343. The molecule has 0 aliphatic heterocycles.